The molecule has 0 bridgehead atoms. The van der Waals surface area contributed by atoms with Gasteiger partial charge in [-0.15, -0.1) is 0 Å². The first kappa shape index (κ1) is 21.5. The fraction of sp³-hybridized carbons (Fsp3) is 0.700. The summed E-state index contributed by atoms with van der Waals surface area (Å²) in [5.74, 6) is 0.493. The van der Waals surface area contributed by atoms with Gasteiger partial charge in [0.2, 0.25) is 0 Å². The smallest absolute Gasteiger partial charge is 0.410 e. The Morgan fingerprint density at radius 1 is 1.10 bits per heavy atom. The van der Waals surface area contributed by atoms with E-state index >= 15 is 0 Å². The van der Waals surface area contributed by atoms with Crippen LogP contribution in [0.15, 0.2) is 6.33 Å². The number of nitrogens with zero attached hydrogens (tertiary/aromatic N) is 6. The second-order valence-corrected chi connectivity index (χ2v) is 10.2. The van der Waals surface area contributed by atoms with E-state index in [2.05, 4.69) is 37.5 Å². The molecule has 1 saturated carbocycles. The van der Waals surface area contributed by atoms with E-state index in [1.165, 1.54) is 6.33 Å². The number of hydrogen-bond donors (Lipinski definition) is 1. The van der Waals surface area contributed by atoms with Crippen LogP contribution in [0.2, 0.25) is 0 Å². The molecule has 4 rings (SSSR count). The van der Waals surface area contributed by atoms with Gasteiger partial charge in [-0.25, -0.2) is 19.4 Å². The topological polar surface area (TPSA) is 102 Å². The molecule has 0 atom stereocenters. The zero-order valence-electron chi connectivity index (χ0n) is 17.8. The molecule has 2 fully saturated rings. The van der Waals surface area contributed by atoms with E-state index in [1.54, 1.807) is 0 Å². The van der Waals surface area contributed by atoms with Crippen molar-refractivity contribution in [2.75, 3.05) is 31.9 Å². The number of ether oxygens (including phenoxy) is 1. The summed E-state index contributed by atoms with van der Waals surface area (Å²) in [6.45, 7) is 8.99. The Morgan fingerprint density at radius 3 is 2.37 bits per heavy atom. The second kappa shape index (κ2) is 8.45. The summed E-state index contributed by atoms with van der Waals surface area (Å²) in [7, 11) is 0. The molecule has 2 aromatic heterocycles. The van der Waals surface area contributed by atoms with E-state index in [0.29, 0.717) is 17.9 Å². The van der Waals surface area contributed by atoms with E-state index in [-0.39, 0.29) is 6.09 Å². The largest absolute Gasteiger partial charge is 0.444 e. The summed E-state index contributed by atoms with van der Waals surface area (Å²) in [4.78, 5) is 25.2. The van der Waals surface area contributed by atoms with Crippen LogP contribution in [0.1, 0.15) is 52.5 Å². The molecule has 0 unspecified atom stereocenters. The lowest BCUT2D eigenvalue weighted by molar-refractivity contribution is 0.00726. The minimum absolute atomic E-state index is 0.202. The lowest BCUT2D eigenvalue weighted by Gasteiger charge is -2.42. The van der Waals surface area contributed by atoms with Crippen LogP contribution in [0.4, 0.5) is 10.6 Å². The van der Waals surface area contributed by atoms with Gasteiger partial charge in [0, 0.05) is 32.2 Å². The molecule has 10 heteroatoms. The lowest BCUT2D eigenvalue weighted by atomic mass is 9.90. The van der Waals surface area contributed by atoms with Crippen LogP contribution in [0.3, 0.4) is 0 Å². The second-order valence-electron chi connectivity index (χ2n) is 9.16. The molecule has 164 valence electrons. The number of nitrogens with two attached hydrogens (primary N) is 1. The number of aromatic nitrogens is 4. The zero-order valence-corrected chi connectivity index (χ0v) is 20.0. The average molecular weight is 527 g/mol. The first-order chi connectivity index (χ1) is 14.2. The summed E-state index contributed by atoms with van der Waals surface area (Å²) < 4.78 is 8.41. The number of hydrogen-bond acceptors (Lipinski definition) is 7. The van der Waals surface area contributed by atoms with E-state index in [1.807, 2.05) is 30.4 Å². The predicted octanol–water partition coefficient (Wildman–Crippen LogP) is 3.05. The highest BCUT2D eigenvalue weighted by Gasteiger charge is 2.32. The van der Waals surface area contributed by atoms with E-state index < -0.39 is 5.60 Å². The molecule has 1 aliphatic heterocycles. The fourth-order valence-electron chi connectivity index (χ4n) is 4.47. The first-order valence-electron chi connectivity index (χ1n) is 10.6. The normalized spacial score (nSPS) is 23.7. The number of halogens is 1. The molecule has 2 aliphatic rings. The highest BCUT2D eigenvalue weighted by Crippen LogP contribution is 2.34. The van der Waals surface area contributed by atoms with Gasteiger partial charge >= 0.3 is 6.09 Å². The van der Waals surface area contributed by atoms with Gasteiger partial charge in [-0.1, -0.05) is 0 Å². The number of anilines is 1. The number of amides is 1. The van der Waals surface area contributed by atoms with Crippen molar-refractivity contribution >= 4 is 45.5 Å². The highest BCUT2D eigenvalue weighted by atomic mass is 127. The van der Waals surface area contributed by atoms with Gasteiger partial charge in [-0.2, -0.15) is 5.10 Å². The van der Waals surface area contributed by atoms with Crippen LogP contribution >= 0.6 is 22.6 Å². The Labute approximate surface area is 190 Å². The highest BCUT2D eigenvalue weighted by molar-refractivity contribution is 14.1. The van der Waals surface area contributed by atoms with Gasteiger partial charge in [0.15, 0.2) is 5.65 Å². The Morgan fingerprint density at radius 2 is 1.73 bits per heavy atom. The summed E-state index contributed by atoms with van der Waals surface area (Å²) in [6.07, 6.45) is 5.68. The van der Waals surface area contributed by atoms with Crippen molar-refractivity contribution in [1.82, 2.24) is 29.5 Å². The van der Waals surface area contributed by atoms with Gasteiger partial charge in [0.1, 0.15) is 21.4 Å². The predicted molar refractivity (Wildman–Crippen MR) is 123 cm³/mol. The minimum atomic E-state index is -0.448. The van der Waals surface area contributed by atoms with Crippen LogP contribution in [0.25, 0.3) is 11.0 Å². The van der Waals surface area contributed by atoms with E-state index in [4.69, 9.17) is 15.6 Å². The maximum absolute atomic E-state index is 12.3. The summed E-state index contributed by atoms with van der Waals surface area (Å²) >= 11 is 2.21. The SMILES string of the molecule is CC(C)(C)OC(=O)N1CCN([C@H]2CC[C@H](n3nc(I)c4c(N)ncnc43)CC2)CC1. The Balaban J connectivity index is 1.33. The summed E-state index contributed by atoms with van der Waals surface area (Å²) in [5, 5.41) is 5.58. The number of carbonyl (C=O) groups is 1. The van der Waals surface area contributed by atoms with Crippen LogP contribution < -0.4 is 5.73 Å². The molecule has 0 spiro atoms. The molecule has 1 saturated heterocycles. The fourth-order valence-corrected chi connectivity index (χ4v) is 5.22. The van der Waals surface area contributed by atoms with Crippen LogP contribution in [0, 0.1) is 3.70 Å². The Hall–Kier alpha value is -1.69. The third-order valence-corrected chi connectivity index (χ3v) is 6.72. The molecule has 0 aromatic carbocycles. The summed E-state index contributed by atoms with van der Waals surface area (Å²) in [5.41, 5.74) is 6.42. The first-order valence-corrected chi connectivity index (χ1v) is 11.7. The number of rotatable bonds is 2. The standard InChI is InChI=1S/C20H30IN7O2/c1-20(2,3)30-19(29)27-10-8-26(9-11-27)13-4-6-14(7-5-13)28-18-15(16(21)25-28)17(22)23-12-24-18/h12-14H,4-11H2,1-3H3,(H2,22,23,24)/t13-,14-. The maximum Gasteiger partial charge on any atom is 0.410 e. The van der Waals surface area contributed by atoms with Gasteiger partial charge in [0.05, 0.1) is 11.4 Å². The van der Waals surface area contributed by atoms with Gasteiger partial charge < -0.3 is 15.4 Å². The van der Waals surface area contributed by atoms with Crippen molar-refractivity contribution in [3.8, 4) is 0 Å². The zero-order chi connectivity index (χ0) is 21.5. The number of carbonyl (C=O) groups excluding carboxylic acids is 1. The maximum atomic E-state index is 12.3. The minimum Gasteiger partial charge on any atom is -0.444 e. The molecule has 1 amide bonds. The average Bonchev–Trinajstić information content (AvgIpc) is 3.05. The number of piperazine rings is 1. The quantitative estimate of drug-likeness (QED) is 0.599. The van der Waals surface area contributed by atoms with Gasteiger partial charge in [-0.05, 0) is 69.0 Å². The van der Waals surface area contributed by atoms with Crippen molar-refractivity contribution in [1.29, 1.82) is 0 Å². The van der Waals surface area contributed by atoms with Crippen molar-refractivity contribution < 1.29 is 9.53 Å². The van der Waals surface area contributed by atoms with E-state index in [9.17, 15) is 4.79 Å². The number of fused-ring (bicyclic) bond motifs is 1. The molecule has 1 aliphatic carbocycles. The third-order valence-electron chi connectivity index (χ3n) is 5.97. The van der Waals surface area contributed by atoms with Gasteiger partial charge in [-0.3, -0.25) is 4.90 Å². The van der Waals surface area contributed by atoms with Crippen LogP contribution in [0.5, 0.6) is 0 Å². The molecule has 0 radical (unpaired) electrons. The van der Waals surface area contributed by atoms with Crippen molar-refractivity contribution in [3.63, 3.8) is 0 Å². The van der Waals surface area contributed by atoms with Gasteiger partial charge in [0.25, 0.3) is 0 Å². The molecule has 2 aromatic rings. The molecule has 2 N–H and O–H groups in total. The van der Waals surface area contributed by atoms with Crippen molar-refractivity contribution in [3.05, 3.63) is 10.0 Å². The lowest BCUT2D eigenvalue weighted by Crippen LogP contribution is -2.53. The summed E-state index contributed by atoms with van der Waals surface area (Å²) in [6, 6.07) is 0.896. The molecule has 9 nitrogen and oxygen atoms in total. The molecule has 30 heavy (non-hydrogen) atoms. The van der Waals surface area contributed by atoms with E-state index in [0.717, 1.165) is 66.6 Å². The third kappa shape index (κ3) is 4.48. The van der Waals surface area contributed by atoms with Crippen LogP contribution in [-0.2, 0) is 4.74 Å². The Bertz CT molecular complexity index is 910. The van der Waals surface area contributed by atoms with Crippen molar-refractivity contribution in [2.45, 2.75) is 64.1 Å². The van der Waals surface area contributed by atoms with Crippen molar-refractivity contribution in [2.24, 2.45) is 0 Å². The van der Waals surface area contributed by atoms with Crippen LogP contribution in [-0.4, -0.2) is 73.5 Å². The Kier molecular flexibility index (Phi) is 6.06. The molecular weight excluding hydrogens is 497 g/mol. The molecular formula is C20H30IN7O2. The molecule has 3 heterocycles. The monoisotopic (exact) mass is 527 g/mol. The number of nitrogen functional groups attached to an aromatic ring is 1.